The Kier molecular flexibility index (Phi) is 6.54. The molecule has 0 aliphatic rings. The van der Waals surface area contributed by atoms with Crippen molar-refractivity contribution >= 4 is 39.7 Å². The highest BCUT2D eigenvalue weighted by Gasteiger charge is 2.07. The van der Waals surface area contributed by atoms with E-state index in [2.05, 4.69) is 26.5 Å². The van der Waals surface area contributed by atoms with Gasteiger partial charge in [0.15, 0.2) is 6.61 Å². The molecule has 1 N–H and O–H groups in total. The molecule has 0 radical (unpaired) electrons. The van der Waals surface area contributed by atoms with Gasteiger partial charge in [0.2, 0.25) is 0 Å². The molecule has 1 amide bonds. The van der Waals surface area contributed by atoms with Crippen LogP contribution in [-0.2, 0) is 4.79 Å². The van der Waals surface area contributed by atoms with Gasteiger partial charge in [0.25, 0.3) is 5.91 Å². The second-order valence-electron chi connectivity index (χ2n) is 6.18. The molecule has 2 aromatic carbocycles. The lowest BCUT2D eigenvalue weighted by Crippen LogP contribution is -2.24. The molecule has 0 saturated carbocycles. The van der Waals surface area contributed by atoms with Crippen LogP contribution >= 0.6 is 27.5 Å². The zero-order chi connectivity index (χ0) is 20.1. The summed E-state index contributed by atoms with van der Waals surface area (Å²) in [5.41, 5.74) is 5.38. The molecule has 144 valence electrons. The molecule has 28 heavy (non-hydrogen) atoms. The molecule has 0 unspecified atom stereocenters. The first-order chi connectivity index (χ1) is 13.4. The first-order valence-corrected chi connectivity index (χ1v) is 9.66. The Morgan fingerprint density at radius 3 is 2.79 bits per heavy atom. The zero-order valence-corrected chi connectivity index (χ0v) is 17.7. The molecule has 3 aromatic rings. The molecule has 3 rings (SSSR count). The van der Waals surface area contributed by atoms with Gasteiger partial charge >= 0.3 is 0 Å². The van der Waals surface area contributed by atoms with Gasteiger partial charge in [-0.25, -0.2) is 5.43 Å². The quantitative estimate of drug-likeness (QED) is 0.389. The van der Waals surface area contributed by atoms with Crippen molar-refractivity contribution in [2.24, 2.45) is 5.10 Å². The van der Waals surface area contributed by atoms with E-state index >= 15 is 0 Å². The third-order valence-electron chi connectivity index (χ3n) is 3.91. The minimum Gasteiger partial charge on any atom is -0.483 e. The van der Waals surface area contributed by atoms with E-state index in [0.717, 1.165) is 21.2 Å². The van der Waals surface area contributed by atoms with Crippen molar-refractivity contribution in [2.75, 3.05) is 6.61 Å². The topological polar surface area (TPSA) is 63.8 Å². The molecule has 0 saturated heterocycles. The zero-order valence-electron chi connectivity index (χ0n) is 15.3. The number of carbonyl (C=O) groups is 1. The average Bonchev–Trinajstić information content (AvgIpc) is 3.12. The maximum atomic E-state index is 11.9. The van der Waals surface area contributed by atoms with Crippen molar-refractivity contribution < 1.29 is 13.9 Å². The third kappa shape index (κ3) is 5.24. The normalized spacial score (nSPS) is 11.0. The minimum atomic E-state index is -0.374. The van der Waals surface area contributed by atoms with Crippen LogP contribution in [0.2, 0.25) is 5.02 Å². The van der Waals surface area contributed by atoms with Crippen molar-refractivity contribution in [1.29, 1.82) is 0 Å². The molecule has 1 aromatic heterocycles. The van der Waals surface area contributed by atoms with Gasteiger partial charge in [-0.05, 0) is 71.2 Å². The van der Waals surface area contributed by atoms with Crippen LogP contribution in [0.4, 0.5) is 0 Å². The number of hydrogen-bond donors (Lipinski definition) is 1. The number of hydrogen-bond acceptors (Lipinski definition) is 4. The van der Waals surface area contributed by atoms with Crippen LogP contribution in [0.15, 0.2) is 62.5 Å². The Bertz CT molecular complexity index is 1030. The number of nitrogens with one attached hydrogen (secondary N) is 1. The Labute approximate surface area is 176 Å². The fourth-order valence-electron chi connectivity index (χ4n) is 2.39. The Balaban J connectivity index is 1.53. The molecule has 5 nitrogen and oxygen atoms in total. The Hall–Kier alpha value is -2.57. The smallest absolute Gasteiger partial charge is 0.277 e. The van der Waals surface area contributed by atoms with Gasteiger partial charge in [-0.3, -0.25) is 4.79 Å². The van der Waals surface area contributed by atoms with Crippen molar-refractivity contribution in [2.45, 2.75) is 13.8 Å². The standard InChI is InChI=1S/C21H18BrClN2O3/c1-13-3-7-20(17(22)9-13)27-12-21(26)25-24-11-16-6-8-19(28-16)15-5-4-14(2)18(23)10-15/h3-11H,12H2,1-2H3,(H,25,26). The maximum Gasteiger partial charge on any atom is 0.277 e. The number of benzene rings is 2. The lowest BCUT2D eigenvalue weighted by molar-refractivity contribution is -0.123. The summed E-state index contributed by atoms with van der Waals surface area (Å²) < 4.78 is 12.0. The molecule has 0 bridgehead atoms. The third-order valence-corrected chi connectivity index (χ3v) is 4.94. The van der Waals surface area contributed by atoms with Gasteiger partial charge in [-0.15, -0.1) is 0 Å². The minimum absolute atomic E-state index is 0.149. The number of amides is 1. The number of rotatable bonds is 6. The second-order valence-corrected chi connectivity index (χ2v) is 7.44. The van der Waals surface area contributed by atoms with Crippen LogP contribution in [0.1, 0.15) is 16.9 Å². The summed E-state index contributed by atoms with van der Waals surface area (Å²) in [4.78, 5) is 11.9. The fourth-order valence-corrected chi connectivity index (χ4v) is 3.18. The molecule has 0 aliphatic heterocycles. The van der Waals surface area contributed by atoms with Crippen molar-refractivity contribution in [3.8, 4) is 17.1 Å². The number of hydrazone groups is 1. The molecule has 0 atom stereocenters. The van der Waals surface area contributed by atoms with E-state index in [1.54, 1.807) is 12.1 Å². The highest BCUT2D eigenvalue weighted by molar-refractivity contribution is 9.10. The molecule has 1 heterocycles. The summed E-state index contributed by atoms with van der Waals surface area (Å²) in [5.74, 6) is 1.40. The predicted molar refractivity (Wildman–Crippen MR) is 114 cm³/mol. The van der Waals surface area contributed by atoms with Crippen LogP contribution in [-0.4, -0.2) is 18.7 Å². The fraction of sp³-hybridized carbons (Fsp3) is 0.143. The summed E-state index contributed by atoms with van der Waals surface area (Å²) in [6, 6.07) is 14.9. The summed E-state index contributed by atoms with van der Waals surface area (Å²) in [5, 5.41) is 4.57. The Morgan fingerprint density at radius 1 is 1.21 bits per heavy atom. The highest BCUT2D eigenvalue weighted by atomic mass is 79.9. The number of aryl methyl sites for hydroxylation is 2. The van der Waals surface area contributed by atoms with Crippen LogP contribution in [0, 0.1) is 13.8 Å². The SMILES string of the molecule is Cc1ccc(OCC(=O)NN=Cc2ccc(-c3ccc(C)c(Cl)c3)o2)c(Br)c1. The summed E-state index contributed by atoms with van der Waals surface area (Å²) in [7, 11) is 0. The number of ether oxygens (including phenoxy) is 1. The molecule has 7 heteroatoms. The molecule has 0 aliphatic carbocycles. The lowest BCUT2D eigenvalue weighted by atomic mass is 10.1. The van der Waals surface area contributed by atoms with Crippen molar-refractivity contribution in [1.82, 2.24) is 5.43 Å². The van der Waals surface area contributed by atoms with E-state index in [9.17, 15) is 4.79 Å². The second kappa shape index (κ2) is 9.08. The number of halogens is 2. The van der Waals surface area contributed by atoms with Gasteiger partial charge in [-0.1, -0.05) is 29.8 Å². The van der Waals surface area contributed by atoms with Crippen LogP contribution in [0.5, 0.6) is 5.75 Å². The van der Waals surface area contributed by atoms with Gasteiger partial charge < -0.3 is 9.15 Å². The largest absolute Gasteiger partial charge is 0.483 e. The highest BCUT2D eigenvalue weighted by Crippen LogP contribution is 2.27. The summed E-state index contributed by atoms with van der Waals surface area (Å²) in [6.07, 6.45) is 1.43. The average molecular weight is 462 g/mol. The van der Waals surface area contributed by atoms with Crippen LogP contribution < -0.4 is 10.2 Å². The summed E-state index contributed by atoms with van der Waals surface area (Å²) >= 11 is 9.55. The first-order valence-electron chi connectivity index (χ1n) is 8.49. The van der Waals surface area contributed by atoms with Gasteiger partial charge in [0.1, 0.15) is 17.3 Å². The van der Waals surface area contributed by atoms with Gasteiger partial charge in [-0.2, -0.15) is 5.10 Å². The number of nitrogens with zero attached hydrogens (tertiary/aromatic N) is 1. The van der Waals surface area contributed by atoms with Crippen LogP contribution in [0.3, 0.4) is 0 Å². The number of carbonyl (C=O) groups excluding carboxylic acids is 1. The van der Waals surface area contributed by atoms with E-state index in [1.807, 2.05) is 50.2 Å². The van der Waals surface area contributed by atoms with E-state index in [4.69, 9.17) is 20.8 Å². The maximum absolute atomic E-state index is 11.9. The van der Waals surface area contributed by atoms with Crippen molar-refractivity contribution in [3.63, 3.8) is 0 Å². The molecule has 0 fully saturated rings. The first kappa shape index (κ1) is 20.2. The van der Waals surface area contributed by atoms with E-state index in [0.29, 0.717) is 22.3 Å². The Morgan fingerprint density at radius 2 is 2.04 bits per heavy atom. The van der Waals surface area contributed by atoms with Gasteiger partial charge in [0.05, 0.1) is 10.7 Å². The number of furan rings is 1. The van der Waals surface area contributed by atoms with Gasteiger partial charge in [0, 0.05) is 10.6 Å². The van der Waals surface area contributed by atoms with E-state index < -0.39 is 0 Å². The molecular formula is C21H18BrClN2O3. The summed E-state index contributed by atoms with van der Waals surface area (Å²) in [6.45, 7) is 3.77. The molecular weight excluding hydrogens is 444 g/mol. The van der Waals surface area contributed by atoms with Crippen molar-refractivity contribution in [3.05, 3.63) is 74.9 Å². The van der Waals surface area contributed by atoms with E-state index in [1.165, 1.54) is 6.21 Å². The van der Waals surface area contributed by atoms with Crippen LogP contribution in [0.25, 0.3) is 11.3 Å². The lowest BCUT2D eigenvalue weighted by Gasteiger charge is -2.07. The molecule has 0 spiro atoms. The monoisotopic (exact) mass is 460 g/mol. The van der Waals surface area contributed by atoms with E-state index in [-0.39, 0.29) is 12.5 Å². The predicted octanol–water partition coefficient (Wildman–Crippen LogP) is 5.51.